The van der Waals surface area contributed by atoms with Crippen molar-refractivity contribution in [2.75, 3.05) is 13.7 Å². The molecule has 16 heavy (non-hydrogen) atoms. The minimum absolute atomic E-state index is 0.0589. The first kappa shape index (κ1) is 12.8. The summed E-state index contributed by atoms with van der Waals surface area (Å²) in [5.74, 6) is -0.901. The van der Waals surface area contributed by atoms with Gasteiger partial charge in [0.25, 0.3) is 0 Å². The molecule has 1 atom stereocenters. The summed E-state index contributed by atoms with van der Waals surface area (Å²) < 4.78 is 18.2. The zero-order chi connectivity index (χ0) is 12.1. The summed E-state index contributed by atoms with van der Waals surface area (Å²) in [7, 11) is 1.53. The first-order valence-corrected chi connectivity index (χ1v) is 5.11. The van der Waals surface area contributed by atoms with Crippen LogP contribution >= 0.6 is 0 Å². The number of carbonyl (C=O) groups is 1. The Bertz CT molecular complexity index is 379. The van der Waals surface area contributed by atoms with E-state index in [1.807, 2.05) is 0 Å². The molecule has 0 aliphatic rings. The largest absolute Gasteiger partial charge is 0.385 e. The van der Waals surface area contributed by atoms with E-state index >= 15 is 0 Å². The highest BCUT2D eigenvalue weighted by Crippen LogP contribution is 2.12. The SMILES string of the molecule is COCCC(N)C(=O)c1cc(C)ccc1F. The summed E-state index contributed by atoms with van der Waals surface area (Å²) >= 11 is 0. The van der Waals surface area contributed by atoms with Crippen LogP contribution in [0, 0.1) is 12.7 Å². The second-order valence-electron chi connectivity index (χ2n) is 3.74. The van der Waals surface area contributed by atoms with Crippen molar-refractivity contribution in [1.82, 2.24) is 0 Å². The van der Waals surface area contributed by atoms with Gasteiger partial charge in [0.2, 0.25) is 0 Å². The summed E-state index contributed by atoms with van der Waals surface area (Å²) in [5.41, 5.74) is 6.55. The van der Waals surface area contributed by atoms with Gasteiger partial charge in [-0.3, -0.25) is 4.79 Å². The van der Waals surface area contributed by atoms with Crippen LogP contribution < -0.4 is 5.73 Å². The van der Waals surface area contributed by atoms with Crippen LogP contribution in [0.5, 0.6) is 0 Å². The van der Waals surface area contributed by atoms with Gasteiger partial charge in [-0.25, -0.2) is 4.39 Å². The van der Waals surface area contributed by atoms with Crippen molar-refractivity contribution in [2.45, 2.75) is 19.4 Å². The van der Waals surface area contributed by atoms with Crippen LogP contribution in [0.25, 0.3) is 0 Å². The molecule has 1 aromatic rings. The van der Waals surface area contributed by atoms with Crippen LogP contribution in [0.1, 0.15) is 22.3 Å². The summed E-state index contributed by atoms with van der Waals surface area (Å²) in [6, 6.07) is 3.71. The molecule has 0 spiro atoms. The van der Waals surface area contributed by atoms with E-state index in [2.05, 4.69) is 0 Å². The minimum Gasteiger partial charge on any atom is -0.385 e. The van der Waals surface area contributed by atoms with Crippen molar-refractivity contribution in [3.63, 3.8) is 0 Å². The number of carbonyl (C=O) groups excluding carboxylic acids is 1. The molecule has 4 heteroatoms. The summed E-state index contributed by atoms with van der Waals surface area (Å²) in [5, 5.41) is 0. The van der Waals surface area contributed by atoms with Gasteiger partial charge >= 0.3 is 0 Å². The summed E-state index contributed by atoms with van der Waals surface area (Å²) in [4.78, 5) is 11.8. The third kappa shape index (κ3) is 3.12. The van der Waals surface area contributed by atoms with E-state index in [1.54, 1.807) is 13.0 Å². The van der Waals surface area contributed by atoms with E-state index in [1.165, 1.54) is 19.2 Å². The first-order valence-electron chi connectivity index (χ1n) is 5.11. The van der Waals surface area contributed by atoms with E-state index in [9.17, 15) is 9.18 Å². The van der Waals surface area contributed by atoms with E-state index in [4.69, 9.17) is 10.5 Å². The molecule has 0 aromatic heterocycles. The molecule has 1 unspecified atom stereocenters. The molecule has 0 fully saturated rings. The number of methoxy groups -OCH3 is 1. The van der Waals surface area contributed by atoms with Crippen molar-refractivity contribution in [3.05, 3.63) is 35.1 Å². The van der Waals surface area contributed by atoms with E-state index in [0.717, 1.165) is 5.56 Å². The number of benzene rings is 1. The maximum Gasteiger partial charge on any atom is 0.182 e. The highest BCUT2D eigenvalue weighted by molar-refractivity contribution is 6.00. The number of ketones is 1. The molecule has 0 saturated heterocycles. The second kappa shape index (κ2) is 5.72. The Morgan fingerprint density at radius 3 is 2.88 bits per heavy atom. The molecular formula is C12H16FNO2. The number of aryl methyl sites for hydroxylation is 1. The van der Waals surface area contributed by atoms with Crippen LogP contribution in [0.4, 0.5) is 4.39 Å². The third-order valence-corrected chi connectivity index (χ3v) is 2.36. The van der Waals surface area contributed by atoms with Crippen molar-refractivity contribution < 1.29 is 13.9 Å². The number of ether oxygens (including phenoxy) is 1. The molecule has 1 rings (SSSR count). The fraction of sp³-hybridized carbons (Fsp3) is 0.417. The zero-order valence-electron chi connectivity index (χ0n) is 9.50. The topological polar surface area (TPSA) is 52.3 Å². The fourth-order valence-corrected chi connectivity index (χ4v) is 1.40. The lowest BCUT2D eigenvalue weighted by Gasteiger charge is -2.11. The molecule has 3 nitrogen and oxygen atoms in total. The highest BCUT2D eigenvalue weighted by Gasteiger charge is 2.18. The monoisotopic (exact) mass is 225 g/mol. The van der Waals surface area contributed by atoms with Gasteiger partial charge < -0.3 is 10.5 Å². The molecule has 0 bridgehead atoms. The van der Waals surface area contributed by atoms with Gasteiger partial charge in [-0.2, -0.15) is 0 Å². The average Bonchev–Trinajstić information content (AvgIpc) is 2.28. The Kier molecular flexibility index (Phi) is 4.58. The molecule has 1 aromatic carbocycles. The van der Waals surface area contributed by atoms with Gasteiger partial charge in [0, 0.05) is 13.7 Å². The lowest BCUT2D eigenvalue weighted by Crippen LogP contribution is -2.32. The molecule has 0 amide bonds. The quantitative estimate of drug-likeness (QED) is 0.776. The van der Waals surface area contributed by atoms with Crippen LogP contribution in [0.2, 0.25) is 0 Å². The molecule has 0 radical (unpaired) electrons. The number of rotatable bonds is 5. The smallest absolute Gasteiger partial charge is 0.182 e. The summed E-state index contributed by atoms with van der Waals surface area (Å²) in [6.07, 6.45) is 0.392. The lowest BCUT2D eigenvalue weighted by atomic mass is 10.0. The standard InChI is InChI=1S/C12H16FNO2/c1-8-3-4-10(13)9(7-8)12(15)11(14)5-6-16-2/h3-4,7,11H,5-6,14H2,1-2H3. The molecule has 0 saturated carbocycles. The number of hydrogen-bond donors (Lipinski definition) is 1. The number of halogens is 1. The van der Waals surface area contributed by atoms with E-state index in [-0.39, 0.29) is 11.3 Å². The first-order chi connectivity index (χ1) is 7.56. The predicted octanol–water partition coefficient (Wildman–Crippen LogP) is 1.68. The fourth-order valence-electron chi connectivity index (χ4n) is 1.40. The van der Waals surface area contributed by atoms with Crippen molar-refractivity contribution in [2.24, 2.45) is 5.73 Å². The van der Waals surface area contributed by atoms with Gasteiger partial charge in [-0.05, 0) is 25.5 Å². The minimum atomic E-state index is -0.712. The molecule has 0 heterocycles. The van der Waals surface area contributed by atoms with E-state index < -0.39 is 11.9 Å². The van der Waals surface area contributed by atoms with Gasteiger partial charge in [0.15, 0.2) is 5.78 Å². The maximum atomic E-state index is 13.4. The average molecular weight is 225 g/mol. The Labute approximate surface area is 94.4 Å². The van der Waals surface area contributed by atoms with Crippen LogP contribution in [-0.4, -0.2) is 25.5 Å². The molecular weight excluding hydrogens is 209 g/mol. The van der Waals surface area contributed by atoms with Gasteiger partial charge in [0.1, 0.15) is 5.82 Å². The lowest BCUT2D eigenvalue weighted by molar-refractivity contribution is 0.0931. The van der Waals surface area contributed by atoms with Gasteiger partial charge in [0.05, 0.1) is 11.6 Å². The van der Waals surface area contributed by atoms with Crippen LogP contribution in [0.15, 0.2) is 18.2 Å². The molecule has 0 aliphatic carbocycles. The van der Waals surface area contributed by atoms with Crippen LogP contribution in [-0.2, 0) is 4.74 Å². The predicted molar refractivity (Wildman–Crippen MR) is 59.9 cm³/mol. The van der Waals surface area contributed by atoms with Gasteiger partial charge in [-0.1, -0.05) is 11.6 Å². The Balaban J connectivity index is 2.83. The van der Waals surface area contributed by atoms with Crippen molar-refractivity contribution in [3.8, 4) is 0 Å². The number of Topliss-reactive ketones (excluding diaryl/α,β-unsaturated/α-hetero) is 1. The maximum absolute atomic E-state index is 13.4. The zero-order valence-corrected chi connectivity index (χ0v) is 9.50. The molecule has 2 N–H and O–H groups in total. The second-order valence-corrected chi connectivity index (χ2v) is 3.74. The Hall–Kier alpha value is -1.26. The van der Waals surface area contributed by atoms with Gasteiger partial charge in [-0.15, -0.1) is 0 Å². The molecule has 88 valence electrons. The van der Waals surface area contributed by atoms with E-state index in [0.29, 0.717) is 13.0 Å². The number of hydrogen-bond acceptors (Lipinski definition) is 3. The van der Waals surface area contributed by atoms with Crippen molar-refractivity contribution in [1.29, 1.82) is 0 Å². The Morgan fingerprint density at radius 1 is 1.56 bits per heavy atom. The third-order valence-electron chi connectivity index (χ3n) is 2.36. The Morgan fingerprint density at radius 2 is 2.25 bits per heavy atom. The van der Waals surface area contributed by atoms with Crippen LogP contribution in [0.3, 0.4) is 0 Å². The highest BCUT2D eigenvalue weighted by atomic mass is 19.1. The summed E-state index contributed by atoms with van der Waals surface area (Å²) in [6.45, 7) is 2.19. The van der Waals surface area contributed by atoms with Crippen molar-refractivity contribution >= 4 is 5.78 Å². The number of nitrogens with two attached hydrogens (primary N) is 1. The normalized spacial score (nSPS) is 12.5. The molecule has 0 aliphatic heterocycles.